The van der Waals surface area contributed by atoms with Gasteiger partial charge in [0.25, 0.3) is 0 Å². The number of rotatable bonds is 6. The van der Waals surface area contributed by atoms with Crippen molar-refractivity contribution < 1.29 is 23.9 Å². The molecule has 2 N–H and O–H groups in total. The zero-order chi connectivity index (χ0) is 20.1. The second-order valence-electron chi connectivity index (χ2n) is 6.80. The maximum Gasteiger partial charge on any atom is 0.239 e. The molecule has 1 aromatic rings. The highest BCUT2D eigenvalue weighted by Crippen LogP contribution is 2.32. The molecule has 0 bridgehead atoms. The van der Waals surface area contributed by atoms with Crippen LogP contribution < -0.4 is 20.1 Å². The summed E-state index contributed by atoms with van der Waals surface area (Å²) >= 11 is 0. The highest BCUT2D eigenvalue weighted by molar-refractivity contribution is 5.91. The zero-order valence-electron chi connectivity index (χ0n) is 16.2. The Morgan fingerprint density at radius 3 is 2.64 bits per heavy atom. The maximum absolute atomic E-state index is 12.7. The van der Waals surface area contributed by atoms with Gasteiger partial charge in [0, 0.05) is 38.3 Å². The molecule has 0 aromatic heterocycles. The maximum atomic E-state index is 12.7. The SMILES string of the molecule is COc1cccc(CN2CCNC(=O)[C@@H]2CC(=O)N2CCNC(=O)C2)c1OC. The van der Waals surface area contributed by atoms with Crippen LogP contribution in [0.15, 0.2) is 18.2 Å². The van der Waals surface area contributed by atoms with E-state index in [1.54, 1.807) is 14.2 Å². The van der Waals surface area contributed by atoms with Crippen LogP contribution in [0.25, 0.3) is 0 Å². The fourth-order valence-electron chi connectivity index (χ4n) is 3.62. The van der Waals surface area contributed by atoms with E-state index in [4.69, 9.17) is 9.47 Å². The topological polar surface area (TPSA) is 100 Å². The Labute approximate surface area is 163 Å². The molecule has 0 unspecified atom stereocenters. The normalized spacial score (nSPS) is 20.4. The van der Waals surface area contributed by atoms with E-state index < -0.39 is 6.04 Å². The summed E-state index contributed by atoms with van der Waals surface area (Å²) in [6, 6.07) is 5.00. The molecule has 2 aliphatic rings. The molecule has 9 nitrogen and oxygen atoms in total. The van der Waals surface area contributed by atoms with E-state index in [0.29, 0.717) is 44.2 Å². The molecular formula is C19H26N4O5. The number of para-hydroxylation sites is 1. The van der Waals surface area contributed by atoms with Crippen molar-refractivity contribution in [3.05, 3.63) is 23.8 Å². The fourth-order valence-corrected chi connectivity index (χ4v) is 3.62. The number of carbonyl (C=O) groups is 3. The Kier molecular flexibility index (Phi) is 6.35. The smallest absolute Gasteiger partial charge is 0.239 e. The summed E-state index contributed by atoms with van der Waals surface area (Å²) in [5.41, 5.74) is 0.881. The van der Waals surface area contributed by atoms with Gasteiger partial charge in [-0.05, 0) is 6.07 Å². The van der Waals surface area contributed by atoms with Gasteiger partial charge in [0.2, 0.25) is 17.7 Å². The molecule has 2 saturated heterocycles. The Morgan fingerprint density at radius 1 is 1.14 bits per heavy atom. The van der Waals surface area contributed by atoms with Crippen LogP contribution in [0.1, 0.15) is 12.0 Å². The van der Waals surface area contributed by atoms with Crippen molar-refractivity contribution in [2.75, 3.05) is 46.9 Å². The summed E-state index contributed by atoms with van der Waals surface area (Å²) in [5.74, 6) is 0.690. The van der Waals surface area contributed by atoms with Crippen LogP contribution in [-0.2, 0) is 20.9 Å². The first-order valence-corrected chi connectivity index (χ1v) is 9.29. The summed E-state index contributed by atoms with van der Waals surface area (Å²) in [5, 5.41) is 5.53. The molecule has 2 fully saturated rings. The summed E-state index contributed by atoms with van der Waals surface area (Å²) in [4.78, 5) is 40.2. The highest BCUT2D eigenvalue weighted by atomic mass is 16.5. The molecule has 3 rings (SSSR count). The first-order valence-electron chi connectivity index (χ1n) is 9.29. The van der Waals surface area contributed by atoms with Gasteiger partial charge in [0.1, 0.15) is 0 Å². The van der Waals surface area contributed by atoms with E-state index in [1.807, 2.05) is 23.1 Å². The van der Waals surface area contributed by atoms with Gasteiger partial charge in [-0.1, -0.05) is 12.1 Å². The predicted octanol–water partition coefficient (Wildman–Crippen LogP) is -0.647. The van der Waals surface area contributed by atoms with Crippen molar-refractivity contribution in [1.29, 1.82) is 0 Å². The molecule has 1 aromatic carbocycles. The quantitative estimate of drug-likeness (QED) is 0.670. The summed E-state index contributed by atoms with van der Waals surface area (Å²) in [6.07, 6.45) is 0.0331. The van der Waals surface area contributed by atoms with Crippen LogP contribution in [0, 0.1) is 0 Å². The summed E-state index contributed by atoms with van der Waals surface area (Å²) in [6.45, 7) is 2.52. The van der Waals surface area contributed by atoms with Crippen molar-refractivity contribution >= 4 is 17.7 Å². The molecule has 152 valence electrons. The molecule has 0 aliphatic carbocycles. The van der Waals surface area contributed by atoms with E-state index in [-0.39, 0.29) is 30.7 Å². The third-order valence-corrected chi connectivity index (χ3v) is 5.06. The molecule has 2 heterocycles. The van der Waals surface area contributed by atoms with Gasteiger partial charge in [-0.15, -0.1) is 0 Å². The molecule has 1 atom stereocenters. The molecule has 0 spiro atoms. The fraction of sp³-hybridized carbons (Fsp3) is 0.526. The lowest BCUT2D eigenvalue weighted by atomic mass is 10.1. The predicted molar refractivity (Wildman–Crippen MR) is 101 cm³/mol. The number of hydrogen-bond acceptors (Lipinski definition) is 6. The number of ether oxygens (including phenoxy) is 2. The number of methoxy groups -OCH3 is 2. The first kappa shape index (κ1) is 19.9. The molecule has 2 aliphatic heterocycles. The second-order valence-corrected chi connectivity index (χ2v) is 6.80. The van der Waals surface area contributed by atoms with Crippen molar-refractivity contribution in [2.24, 2.45) is 0 Å². The lowest BCUT2D eigenvalue weighted by Crippen LogP contribution is -2.57. The van der Waals surface area contributed by atoms with Crippen LogP contribution in [0.2, 0.25) is 0 Å². The third kappa shape index (κ3) is 4.36. The van der Waals surface area contributed by atoms with Gasteiger partial charge in [-0.25, -0.2) is 0 Å². The van der Waals surface area contributed by atoms with Gasteiger partial charge < -0.3 is 25.0 Å². The second kappa shape index (κ2) is 8.92. The largest absolute Gasteiger partial charge is 0.493 e. The van der Waals surface area contributed by atoms with Crippen LogP contribution in [-0.4, -0.2) is 80.5 Å². The van der Waals surface area contributed by atoms with E-state index in [9.17, 15) is 14.4 Å². The third-order valence-electron chi connectivity index (χ3n) is 5.06. The monoisotopic (exact) mass is 390 g/mol. The number of carbonyl (C=O) groups excluding carboxylic acids is 3. The molecular weight excluding hydrogens is 364 g/mol. The number of benzene rings is 1. The average Bonchev–Trinajstić information content (AvgIpc) is 2.70. The Balaban J connectivity index is 1.75. The number of amides is 3. The lowest BCUT2D eigenvalue weighted by molar-refractivity contribution is -0.142. The Hall–Kier alpha value is -2.81. The van der Waals surface area contributed by atoms with Crippen LogP contribution >= 0.6 is 0 Å². The number of hydrogen-bond donors (Lipinski definition) is 2. The summed E-state index contributed by atoms with van der Waals surface area (Å²) < 4.78 is 10.8. The minimum Gasteiger partial charge on any atom is -0.493 e. The van der Waals surface area contributed by atoms with Crippen molar-refractivity contribution in [3.8, 4) is 11.5 Å². The van der Waals surface area contributed by atoms with Gasteiger partial charge in [0.15, 0.2) is 11.5 Å². The van der Waals surface area contributed by atoms with Crippen molar-refractivity contribution in [1.82, 2.24) is 20.4 Å². The Bertz CT molecular complexity index is 754. The standard InChI is InChI=1S/C19H26N4O5/c1-27-15-5-3-4-13(18(15)28-2)11-22-8-7-21-19(26)14(22)10-17(25)23-9-6-20-16(24)12-23/h3-5,14H,6-12H2,1-2H3,(H,20,24)(H,21,26)/t14-/m0/s1. The van der Waals surface area contributed by atoms with E-state index >= 15 is 0 Å². The van der Waals surface area contributed by atoms with Gasteiger partial charge >= 0.3 is 0 Å². The number of nitrogens with one attached hydrogen (secondary N) is 2. The van der Waals surface area contributed by atoms with Crippen LogP contribution in [0.5, 0.6) is 11.5 Å². The minimum atomic E-state index is -0.595. The molecule has 0 saturated carbocycles. The van der Waals surface area contributed by atoms with Crippen LogP contribution in [0.3, 0.4) is 0 Å². The molecule has 3 amide bonds. The van der Waals surface area contributed by atoms with Crippen LogP contribution in [0.4, 0.5) is 0 Å². The van der Waals surface area contributed by atoms with E-state index in [1.165, 1.54) is 4.90 Å². The molecule has 9 heteroatoms. The Morgan fingerprint density at radius 2 is 1.93 bits per heavy atom. The summed E-state index contributed by atoms with van der Waals surface area (Å²) in [7, 11) is 3.15. The minimum absolute atomic E-state index is 0.0331. The molecule has 0 radical (unpaired) electrons. The lowest BCUT2D eigenvalue weighted by Gasteiger charge is -2.36. The number of nitrogens with zero attached hydrogens (tertiary/aromatic N) is 2. The number of piperazine rings is 2. The van der Waals surface area contributed by atoms with Gasteiger partial charge in [0.05, 0.1) is 33.2 Å². The van der Waals surface area contributed by atoms with E-state index in [2.05, 4.69) is 10.6 Å². The average molecular weight is 390 g/mol. The zero-order valence-corrected chi connectivity index (χ0v) is 16.2. The van der Waals surface area contributed by atoms with Gasteiger partial charge in [-0.2, -0.15) is 0 Å². The highest BCUT2D eigenvalue weighted by Gasteiger charge is 2.34. The first-order chi connectivity index (χ1) is 13.5. The van der Waals surface area contributed by atoms with Crippen molar-refractivity contribution in [2.45, 2.75) is 19.0 Å². The van der Waals surface area contributed by atoms with E-state index in [0.717, 1.165) is 5.56 Å². The van der Waals surface area contributed by atoms with Gasteiger partial charge in [-0.3, -0.25) is 19.3 Å². The van der Waals surface area contributed by atoms with Crippen molar-refractivity contribution in [3.63, 3.8) is 0 Å². The molecule has 28 heavy (non-hydrogen) atoms.